The summed E-state index contributed by atoms with van der Waals surface area (Å²) in [7, 11) is 2.23. The van der Waals surface area contributed by atoms with Gasteiger partial charge >= 0.3 is 0 Å². The number of nitrogens with zero attached hydrogens (tertiary/aromatic N) is 1. The average molecular weight is 282 g/mol. The van der Waals surface area contributed by atoms with Gasteiger partial charge in [-0.1, -0.05) is 34.8 Å². The third-order valence-electron chi connectivity index (χ3n) is 3.75. The molecule has 1 saturated carbocycles. The van der Waals surface area contributed by atoms with E-state index in [1.807, 2.05) is 0 Å². The Morgan fingerprint density at radius 3 is 2.56 bits per heavy atom. The van der Waals surface area contributed by atoms with E-state index in [-0.39, 0.29) is 0 Å². The fourth-order valence-corrected chi connectivity index (χ4v) is 3.18. The molecule has 0 saturated heterocycles. The Morgan fingerprint density at radius 1 is 1.31 bits per heavy atom. The molecule has 2 rings (SSSR count). The third-order valence-corrected chi connectivity index (χ3v) is 4.35. The summed E-state index contributed by atoms with van der Waals surface area (Å²) in [6, 6.07) is 7.57. The van der Waals surface area contributed by atoms with E-state index in [2.05, 4.69) is 53.0 Å². The molecule has 1 fully saturated rings. The standard InChI is InChI=1S/C14H20BrN/c1-11-9-14(8-7-12(11)10-15)16(2)13-5-3-4-6-13/h7-9,13H,3-6,10H2,1-2H3. The Hall–Kier alpha value is -0.500. The van der Waals surface area contributed by atoms with Crippen LogP contribution in [0, 0.1) is 6.92 Å². The van der Waals surface area contributed by atoms with Crippen molar-refractivity contribution in [3.63, 3.8) is 0 Å². The van der Waals surface area contributed by atoms with E-state index in [4.69, 9.17) is 0 Å². The molecule has 0 N–H and O–H groups in total. The van der Waals surface area contributed by atoms with Crippen LogP contribution in [0.25, 0.3) is 0 Å². The summed E-state index contributed by atoms with van der Waals surface area (Å²) in [5.74, 6) is 0. The van der Waals surface area contributed by atoms with Crippen LogP contribution in [0.15, 0.2) is 18.2 Å². The van der Waals surface area contributed by atoms with Crippen molar-refractivity contribution in [2.75, 3.05) is 11.9 Å². The summed E-state index contributed by atoms with van der Waals surface area (Å²) in [5.41, 5.74) is 4.15. The van der Waals surface area contributed by atoms with Crippen LogP contribution in [-0.2, 0) is 5.33 Å². The maximum Gasteiger partial charge on any atom is 0.0368 e. The highest BCUT2D eigenvalue weighted by Crippen LogP contribution is 2.28. The first-order chi connectivity index (χ1) is 7.72. The van der Waals surface area contributed by atoms with Crippen LogP contribution in [0.1, 0.15) is 36.8 Å². The molecule has 2 heteroatoms. The summed E-state index contributed by atoms with van der Waals surface area (Å²) < 4.78 is 0. The summed E-state index contributed by atoms with van der Waals surface area (Å²) in [4.78, 5) is 2.46. The monoisotopic (exact) mass is 281 g/mol. The highest BCUT2D eigenvalue weighted by molar-refractivity contribution is 9.08. The Bertz CT molecular complexity index is 356. The number of hydrogen-bond donors (Lipinski definition) is 0. The van der Waals surface area contributed by atoms with Crippen LogP contribution >= 0.6 is 15.9 Å². The van der Waals surface area contributed by atoms with E-state index < -0.39 is 0 Å². The van der Waals surface area contributed by atoms with Crippen molar-refractivity contribution in [1.82, 2.24) is 0 Å². The molecule has 16 heavy (non-hydrogen) atoms. The minimum atomic E-state index is 0.759. The van der Waals surface area contributed by atoms with E-state index in [1.165, 1.54) is 42.5 Å². The molecule has 0 radical (unpaired) electrons. The van der Waals surface area contributed by atoms with E-state index in [9.17, 15) is 0 Å². The van der Waals surface area contributed by atoms with Gasteiger partial charge in [0, 0.05) is 24.1 Å². The number of aryl methyl sites for hydroxylation is 1. The number of hydrogen-bond acceptors (Lipinski definition) is 1. The third kappa shape index (κ3) is 2.42. The van der Waals surface area contributed by atoms with Gasteiger partial charge in [-0.25, -0.2) is 0 Å². The summed E-state index contributed by atoms with van der Waals surface area (Å²) in [6.45, 7) is 2.20. The first-order valence-electron chi connectivity index (χ1n) is 6.10. The average Bonchev–Trinajstić information content (AvgIpc) is 2.81. The van der Waals surface area contributed by atoms with E-state index >= 15 is 0 Å². The summed E-state index contributed by atoms with van der Waals surface area (Å²) >= 11 is 3.52. The largest absolute Gasteiger partial charge is 0.372 e. The number of benzene rings is 1. The zero-order valence-corrected chi connectivity index (χ0v) is 11.8. The van der Waals surface area contributed by atoms with Crippen molar-refractivity contribution in [2.24, 2.45) is 0 Å². The van der Waals surface area contributed by atoms with Crippen LogP contribution in [-0.4, -0.2) is 13.1 Å². The Balaban J connectivity index is 2.16. The normalized spacial score (nSPS) is 16.7. The fraction of sp³-hybridized carbons (Fsp3) is 0.571. The molecule has 0 aliphatic heterocycles. The van der Waals surface area contributed by atoms with Gasteiger partial charge in [-0.05, 0) is 43.0 Å². The van der Waals surface area contributed by atoms with Gasteiger partial charge in [-0.3, -0.25) is 0 Å². The van der Waals surface area contributed by atoms with Gasteiger partial charge < -0.3 is 4.90 Å². The SMILES string of the molecule is Cc1cc(N(C)C2CCCC2)ccc1CBr. The molecule has 0 atom stereocenters. The van der Waals surface area contributed by atoms with Gasteiger partial charge in [0.15, 0.2) is 0 Å². The minimum absolute atomic E-state index is 0.759. The molecule has 1 aromatic rings. The maximum atomic E-state index is 3.52. The van der Waals surface area contributed by atoms with Gasteiger partial charge in [0.2, 0.25) is 0 Å². The first-order valence-corrected chi connectivity index (χ1v) is 7.23. The van der Waals surface area contributed by atoms with Crippen molar-refractivity contribution >= 4 is 21.6 Å². The highest BCUT2D eigenvalue weighted by atomic mass is 79.9. The predicted molar refractivity (Wildman–Crippen MR) is 74.5 cm³/mol. The minimum Gasteiger partial charge on any atom is -0.372 e. The second-order valence-electron chi connectivity index (χ2n) is 4.79. The second-order valence-corrected chi connectivity index (χ2v) is 5.35. The van der Waals surface area contributed by atoms with Crippen LogP contribution in [0.5, 0.6) is 0 Å². The molecule has 1 aromatic carbocycles. The molecule has 1 aliphatic rings. The molecule has 1 aliphatic carbocycles. The van der Waals surface area contributed by atoms with Gasteiger partial charge in [0.1, 0.15) is 0 Å². The fourth-order valence-electron chi connectivity index (χ4n) is 2.55. The molecule has 0 amide bonds. The molecular formula is C14H20BrN. The van der Waals surface area contributed by atoms with E-state index in [0.717, 1.165) is 11.4 Å². The van der Waals surface area contributed by atoms with Crippen molar-refractivity contribution in [2.45, 2.75) is 44.0 Å². The van der Waals surface area contributed by atoms with E-state index in [0.29, 0.717) is 0 Å². The molecule has 0 heterocycles. The number of alkyl halides is 1. The molecule has 0 unspecified atom stereocenters. The first kappa shape index (κ1) is 12.0. The number of rotatable bonds is 3. The smallest absolute Gasteiger partial charge is 0.0368 e. The molecule has 0 aromatic heterocycles. The number of anilines is 1. The quantitative estimate of drug-likeness (QED) is 0.748. The van der Waals surface area contributed by atoms with Crippen LogP contribution in [0.2, 0.25) is 0 Å². The molecule has 1 nitrogen and oxygen atoms in total. The zero-order chi connectivity index (χ0) is 11.5. The second kappa shape index (κ2) is 5.22. The maximum absolute atomic E-state index is 3.52. The summed E-state index contributed by atoms with van der Waals surface area (Å²) in [5, 5.41) is 0.951. The lowest BCUT2D eigenvalue weighted by Gasteiger charge is -2.27. The Labute approximate surface area is 107 Å². The molecule has 0 bridgehead atoms. The van der Waals surface area contributed by atoms with Crippen molar-refractivity contribution in [3.8, 4) is 0 Å². The zero-order valence-electron chi connectivity index (χ0n) is 10.2. The topological polar surface area (TPSA) is 3.24 Å². The van der Waals surface area contributed by atoms with Gasteiger partial charge in [0.05, 0.1) is 0 Å². The Kier molecular flexibility index (Phi) is 3.91. The van der Waals surface area contributed by atoms with Crippen LogP contribution in [0.3, 0.4) is 0 Å². The highest BCUT2D eigenvalue weighted by Gasteiger charge is 2.19. The van der Waals surface area contributed by atoms with E-state index in [1.54, 1.807) is 0 Å². The summed E-state index contributed by atoms with van der Waals surface area (Å²) in [6.07, 6.45) is 5.51. The van der Waals surface area contributed by atoms with Gasteiger partial charge in [-0.2, -0.15) is 0 Å². The molecule has 0 spiro atoms. The lowest BCUT2D eigenvalue weighted by atomic mass is 10.1. The molecular weight excluding hydrogens is 262 g/mol. The van der Waals surface area contributed by atoms with Crippen molar-refractivity contribution in [3.05, 3.63) is 29.3 Å². The van der Waals surface area contributed by atoms with Crippen molar-refractivity contribution < 1.29 is 0 Å². The van der Waals surface area contributed by atoms with Crippen molar-refractivity contribution in [1.29, 1.82) is 0 Å². The lowest BCUT2D eigenvalue weighted by molar-refractivity contribution is 0.653. The Morgan fingerprint density at radius 2 is 2.00 bits per heavy atom. The molecule has 88 valence electrons. The van der Waals surface area contributed by atoms with Gasteiger partial charge in [-0.15, -0.1) is 0 Å². The van der Waals surface area contributed by atoms with Crippen LogP contribution in [0.4, 0.5) is 5.69 Å². The number of halogens is 1. The van der Waals surface area contributed by atoms with Gasteiger partial charge in [0.25, 0.3) is 0 Å². The van der Waals surface area contributed by atoms with Crippen LogP contribution < -0.4 is 4.90 Å². The lowest BCUT2D eigenvalue weighted by Crippen LogP contribution is -2.28. The predicted octanol–water partition coefficient (Wildman–Crippen LogP) is 4.27.